The average molecular weight is 348 g/mol. The average Bonchev–Trinajstić information content (AvgIpc) is 2.40. The Morgan fingerprint density at radius 1 is 1.10 bits per heavy atom. The number of hydrogen-bond acceptors (Lipinski definition) is 5. The number of alkyl halides is 3. The van der Waals surface area contributed by atoms with Gasteiger partial charge >= 0.3 is 6.18 Å². The third-order valence-corrected chi connectivity index (χ3v) is 2.79. The van der Waals surface area contributed by atoms with Crippen molar-refractivity contribution in [2.45, 2.75) is 6.18 Å². The Hall–Kier alpha value is -1.87. The molecule has 2 rings (SSSR count). The second kappa shape index (κ2) is 5.63. The van der Waals surface area contributed by atoms with Crippen molar-refractivity contribution in [2.24, 2.45) is 5.84 Å². The predicted molar refractivity (Wildman–Crippen MR) is 72.3 cm³/mol. The smallest absolute Gasteiger partial charge is 0.340 e. The van der Waals surface area contributed by atoms with Gasteiger partial charge in [0, 0.05) is 16.2 Å². The Balaban J connectivity index is 2.33. The summed E-state index contributed by atoms with van der Waals surface area (Å²) in [7, 11) is 0. The quantitative estimate of drug-likeness (QED) is 0.586. The highest BCUT2D eigenvalue weighted by Gasteiger charge is 2.33. The van der Waals surface area contributed by atoms with E-state index in [1.165, 1.54) is 0 Å². The predicted octanol–water partition coefficient (Wildman–Crippen LogP) is 3.29. The monoisotopic (exact) mass is 347 g/mol. The van der Waals surface area contributed by atoms with E-state index in [1.807, 2.05) is 5.43 Å². The van der Waals surface area contributed by atoms with Crippen molar-refractivity contribution in [3.05, 3.63) is 40.5 Å². The van der Waals surface area contributed by atoms with E-state index in [0.717, 1.165) is 10.5 Å². The molecule has 4 N–H and O–H groups in total. The van der Waals surface area contributed by atoms with E-state index in [0.29, 0.717) is 5.69 Å². The van der Waals surface area contributed by atoms with Gasteiger partial charge in [0.05, 0.1) is 0 Å². The lowest BCUT2D eigenvalue weighted by Gasteiger charge is -2.11. The van der Waals surface area contributed by atoms with Crippen LogP contribution in [-0.4, -0.2) is 9.97 Å². The molecule has 0 radical (unpaired) electrons. The lowest BCUT2D eigenvalue weighted by molar-refractivity contribution is -0.141. The van der Waals surface area contributed by atoms with Crippen LogP contribution in [0.1, 0.15) is 5.69 Å². The summed E-state index contributed by atoms with van der Waals surface area (Å²) < 4.78 is 38.9. The number of nitrogens with two attached hydrogens (primary N) is 1. The van der Waals surface area contributed by atoms with Crippen LogP contribution in [0.15, 0.2) is 34.8 Å². The maximum Gasteiger partial charge on any atom is 0.433 e. The number of aromatic nitrogens is 2. The molecule has 1 aromatic heterocycles. The van der Waals surface area contributed by atoms with Crippen LogP contribution >= 0.6 is 15.9 Å². The molecule has 0 saturated heterocycles. The molecule has 106 valence electrons. The van der Waals surface area contributed by atoms with Gasteiger partial charge in [-0.2, -0.15) is 18.2 Å². The Bertz CT molecular complexity index is 600. The Labute approximate surface area is 120 Å². The van der Waals surface area contributed by atoms with E-state index in [1.54, 1.807) is 24.3 Å². The molecule has 1 aromatic carbocycles. The third kappa shape index (κ3) is 3.58. The van der Waals surface area contributed by atoms with E-state index < -0.39 is 11.9 Å². The summed E-state index contributed by atoms with van der Waals surface area (Å²) in [5, 5.41) is 2.75. The number of rotatable bonds is 3. The lowest BCUT2D eigenvalue weighted by Crippen LogP contribution is -2.16. The van der Waals surface area contributed by atoms with Crippen LogP contribution < -0.4 is 16.6 Å². The van der Waals surface area contributed by atoms with E-state index in [9.17, 15) is 13.2 Å². The molecular formula is C11H9BrF3N5. The molecule has 0 bridgehead atoms. The van der Waals surface area contributed by atoms with Crippen molar-refractivity contribution in [3.63, 3.8) is 0 Å². The van der Waals surface area contributed by atoms with Gasteiger partial charge in [0.15, 0.2) is 5.69 Å². The zero-order chi connectivity index (χ0) is 14.8. The van der Waals surface area contributed by atoms with Gasteiger partial charge in [0.2, 0.25) is 5.95 Å². The fraction of sp³-hybridized carbons (Fsp3) is 0.0909. The van der Waals surface area contributed by atoms with Gasteiger partial charge in [-0.3, -0.25) is 5.43 Å². The van der Waals surface area contributed by atoms with E-state index in [2.05, 4.69) is 31.2 Å². The normalized spacial score (nSPS) is 11.2. The second-order valence-corrected chi connectivity index (χ2v) is 4.65. The number of nitrogens with one attached hydrogen (secondary N) is 2. The number of halogens is 4. The molecule has 0 spiro atoms. The maximum atomic E-state index is 12.7. The summed E-state index contributed by atoms with van der Waals surface area (Å²) in [6, 6.07) is 7.68. The molecule has 0 unspecified atom stereocenters. The zero-order valence-corrected chi connectivity index (χ0v) is 11.5. The van der Waals surface area contributed by atoms with Crippen LogP contribution in [0.2, 0.25) is 0 Å². The minimum absolute atomic E-state index is 0.0115. The van der Waals surface area contributed by atoms with E-state index in [-0.39, 0.29) is 11.8 Å². The summed E-state index contributed by atoms with van der Waals surface area (Å²) in [6.07, 6.45) is -4.58. The molecular weight excluding hydrogens is 339 g/mol. The summed E-state index contributed by atoms with van der Waals surface area (Å²) in [4.78, 5) is 7.07. The number of nitrogens with zero attached hydrogens (tertiary/aromatic N) is 2. The largest absolute Gasteiger partial charge is 0.433 e. The number of hydrogen-bond donors (Lipinski definition) is 3. The highest BCUT2D eigenvalue weighted by Crippen LogP contribution is 2.30. The zero-order valence-electron chi connectivity index (χ0n) is 9.87. The Morgan fingerprint density at radius 2 is 1.75 bits per heavy atom. The third-order valence-electron chi connectivity index (χ3n) is 2.26. The van der Waals surface area contributed by atoms with E-state index in [4.69, 9.17) is 5.84 Å². The summed E-state index contributed by atoms with van der Waals surface area (Å²) in [6.45, 7) is 0. The highest BCUT2D eigenvalue weighted by atomic mass is 79.9. The first kappa shape index (κ1) is 14.5. The lowest BCUT2D eigenvalue weighted by atomic mass is 10.3. The fourth-order valence-corrected chi connectivity index (χ4v) is 1.67. The van der Waals surface area contributed by atoms with Gasteiger partial charge in [0.25, 0.3) is 0 Å². The molecule has 0 aliphatic rings. The Kier molecular flexibility index (Phi) is 4.09. The molecule has 2 aromatic rings. The summed E-state index contributed by atoms with van der Waals surface area (Å²) in [5.74, 6) is 4.74. The molecule has 0 saturated carbocycles. The molecule has 5 nitrogen and oxygen atoms in total. The van der Waals surface area contributed by atoms with Crippen molar-refractivity contribution in [3.8, 4) is 0 Å². The summed E-state index contributed by atoms with van der Waals surface area (Å²) >= 11 is 3.26. The minimum atomic E-state index is -4.58. The van der Waals surface area contributed by atoms with Gasteiger partial charge < -0.3 is 5.32 Å². The van der Waals surface area contributed by atoms with Crippen LogP contribution in [0.4, 0.5) is 30.6 Å². The molecule has 0 atom stereocenters. The maximum absolute atomic E-state index is 12.7. The van der Waals surface area contributed by atoms with Gasteiger partial charge in [0.1, 0.15) is 5.82 Å². The number of nitrogen functional groups attached to an aromatic ring is 1. The van der Waals surface area contributed by atoms with Crippen molar-refractivity contribution in [1.82, 2.24) is 9.97 Å². The molecule has 1 heterocycles. The highest BCUT2D eigenvalue weighted by molar-refractivity contribution is 9.10. The van der Waals surface area contributed by atoms with Gasteiger partial charge in [-0.25, -0.2) is 10.8 Å². The molecule has 0 aliphatic carbocycles. The topological polar surface area (TPSA) is 75.9 Å². The van der Waals surface area contributed by atoms with Crippen molar-refractivity contribution < 1.29 is 13.2 Å². The van der Waals surface area contributed by atoms with E-state index >= 15 is 0 Å². The molecule has 0 fully saturated rings. The second-order valence-electron chi connectivity index (χ2n) is 3.74. The first-order valence-electron chi connectivity index (χ1n) is 5.34. The number of hydrazine groups is 1. The molecule has 0 amide bonds. The standard InChI is InChI=1S/C11H9BrF3N5/c12-6-1-3-7(4-2-6)17-9-5-8(11(13,14)15)18-10(19-9)20-16/h1-5H,16H2,(H2,17,18,19,20). The van der Waals surface area contributed by atoms with Gasteiger partial charge in [-0.05, 0) is 24.3 Å². The molecule has 9 heteroatoms. The van der Waals surface area contributed by atoms with Crippen LogP contribution in [-0.2, 0) is 6.18 Å². The summed E-state index contributed by atoms with van der Waals surface area (Å²) in [5.41, 5.74) is 1.51. The fourth-order valence-electron chi connectivity index (χ4n) is 1.40. The van der Waals surface area contributed by atoms with Gasteiger partial charge in [-0.1, -0.05) is 15.9 Å². The van der Waals surface area contributed by atoms with Crippen molar-refractivity contribution in [1.29, 1.82) is 0 Å². The van der Waals surface area contributed by atoms with Crippen molar-refractivity contribution >= 4 is 33.4 Å². The Morgan fingerprint density at radius 3 is 2.30 bits per heavy atom. The number of benzene rings is 1. The number of anilines is 3. The molecule has 20 heavy (non-hydrogen) atoms. The van der Waals surface area contributed by atoms with Crippen LogP contribution in [0.3, 0.4) is 0 Å². The molecule has 0 aliphatic heterocycles. The van der Waals surface area contributed by atoms with Crippen LogP contribution in [0.5, 0.6) is 0 Å². The van der Waals surface area contributed by atoms with Crippen LogP contribution in [0, 0.1) is 0 Å². The van der Waals surface area contributed by atoms with Crippen molar-refractivity contribution in [2.75, 3.05) is 10.7 Å². The minimum Gasteiger partial charge on any atom is -0.340 e. The first-order valence-corrected chi connectivity index (χ1v) is 6.13. The van der Waals surface area contributed by atoms with Gasteiger partial charge in [-0.15, -0.1) is 0 Å². The first-order chi connectivity index (χ1) is 9.38. The van der Waals surface area contributed by atoms with Crippen LogP contribution in [0.25, 0.3) is 0 Å². The SMILES string of the molecule is NNc1nc(Nc2ccc(Br)cc2)cc(C(F)(F)F)n1.